The molecule has 69 heavy (non-hydrogen) atoms. The third kappa shape index (κ3) is 51.0. The molecule has 0 aliphatic heterocycles. The quantitative estimate of drug-likeness (QED) is 0.0370. The second-order valence-electron chi connectivity index (χ2n) is 13.1. The summed E-state index contributed by atoms with van der Waals surface area (Å²) in [6.45, 7) is 3.47. The number of phosphoric ester groups is 6. The third-order valence-corrected chi connectivity index (χ3v) is 11.0. The Labute approximate surface area is 467 Å². The molecule has 1 aliphatic rings. The van der Waals surface area contributed by atoms with Gasteiger partial charge in [-0.25, -0.2) is 4.57 Å². The number of aryl methyl sites for hydroxylation is 1. The van der Waals surface area contributed by atoms with Crippen molar-refractivity contribution >= 4 is 53.1 Å². The number of aromatic nitrogens is 1. The Morgan fingerprint density at radius 3 is 0.768 bits per heavy atom. The number of unbranched alkanes of at least 4 members (excludes halogenated alkanes) is 13. The summed E-state index contributed by atoms with van der Waals surface area (Å²) in [5.41, 5.74) is 0. The van der Waals surface area contributed by atoms with Crippen molar-refractivity contribution in [3.8, 4) is 0 Å². The van der Waals surface area contributed by atoms with Gasteiger partial charge in [0.2, 0.25) is 6.16 Å². The molecule has 28 nitrogen and oxygen atoms in total. The Balaban J connectivity index is -0.000000163. The Morgan fingerprint density at radius 2 is 0.594 bits per heavy atom. The molecule has 1 heterocycles. The number of carbonyl (C=O) groups is 1. The van der Waals surface area contributed by atoms with Gasteiger partial charge in [0.05, 0.1) is 46.9 Å². The van der Waals surface area contributed by atoms with Crippen LogP contribution in [0.15, 0.2) is 30.6 Å². The summed E-state index contributed by atoms with van der Waals surface area (Å²) < 4.78 is 90.6. The topological polar surface area (TPSA) is 499 Å². The maximum absolute atomic E-state index is 11.1. The molecule has 6 radical (unpaired) electrons. The molecule has 0 unspecified atom stereocenters. The van der Waals surface area contributed by atoms with Crippen LogP contribution >= 0.6 is 46.9 Å². The van der Waals surface area contributed by atoms with Gasteiger partial charge in [-0.2, -0.15) is 0 Å². The first-order valence-corrected chi connectivity index (χ1v) is 27.1. The fraction of sp³-hybridized carbons (Fsp3) is 0.786. The summed E-state index contributed by atoms with van der Waals surface area (Å²) in [7, 11) is -40.1. The van der Waals surface area contributed by atoms with E-state index in [1.165, 1.54) is 96.4 Å². The van der Waals surface area contributed by atoms with Gasteiger partial charge in [-0.15, -0.1) is 0 Å². The Hall–Kier alpha value is 2.49. The SMILES string of the molecule is CCCCCCCCCCCCCCCC[n+]1ccccc1.O=C([O-])O.O=P([O-])([O-])O[C@H]1[C@H](OP(=O)([O-])[O-])[C@@H](OP(=O)([O-])[O-])[C@H](OP(=O)([O-])[O-])[C@@H](OP(=O)([O-])[O-])[C@H]1OP(=O)([O-])[O-].[Cl-].[Cu+2].[Cu+2].[Cu+2].[Cu+2].[Cu+2].[Cu+2]. The number of phosphoric acid groups is 6. The van der Waals surface area contributed by atoms with Crippen LogP contribution in [0.25, 0.3) is 0 Å². The van der Waals surface area contributed by atoms with Crippen LogP contribution in [0.2, 0.25) is 0 Å². The molecule has 41 heteroatoms. The first-order valence-electron chi connectivity index (χ1n) is 18.3. The molecule has 428 valence electrons. The summed E-state index contributed by atoms with van der Waals surface area (Å²) in [5.74, 6) is 0. The fourth-order valence-corrected chi connectivity index (χ4v) is 9.04. The van der Waals surface area contributed by atoms with Crippen LogP contribution < -0.4 is 80.8 Å². The van der Waals surface area contributed by atoms with Gasteiger partial charge < -0.3 is 141 Å². The number of hydrogen-bond donors (Lipinski definition) is 1. The third-order valence-electron chi connectivity index (χ3n) is 7.99. The van der Waals surface area contributed by atoms with Crippen molar-refractivity contribution in [3.05, 3.63) is 30.6 Å². The largest absolute Gasteiger partial charge is 2.00 e. The molecule has 1 aromatic heterocycles. The first kappa shape index (κ1) is 88.1. The zero-order valence-electron chi connectivity index (χ0n) is 34.8. The number of nitrogens with zero attached hydrogens (tertiary/aromatic N) is 1. The van der Waals surface area contributed by atoms with Crippen LogP contribution in [0.5, 0.6) is 0 Å². The minimum absolute atomic E-state index is 0. The monoisotopic (exact) mass is 1430 g/mol. The number of halogens is 1. The molecule has 0 saturated heterocycles. The predicted octanol–water partition coefficient (Wildman–Crippen LogP) is -8.38. The zero-order valence-corrected chi connectivity index (χ0v) is 46.6. The van der Waals surface area contributed by atoms with Gasteiger partial charge in [0.1, 0.15) is 43.2 Å². The maximum Gasteiger partial charge on any atom is 2.00 e. The number of carboxylic acid groups (broad SMARTS) is 2. The molecule has 1 aromatic rings. The summed E-state index contributed by atoms with van der Waals surface area (Å²) in [5, 5.41) is 15.3. The molecule has 1 fully saturated rings. The summed E-state index contributed by atoms with van der Waals surface area (Å²) >= 11 is 0. The van der Waals surface area contributed by atoms with E-state index in [4.69, 9.17) is 15.0 Å². The second-order valence-corrected chi connectivity index (χ2v) is 19.7. The van der Waals surface area contributed by atoms with Gasteiger partial charge in [-0.1, -0.05) is 90.0 Å². The normalized spacial score (nSPS) is 19.1. The van der Waals surface area contributed by atoms with E-state index in [2.05, 4.69) is 69.2 Å². The Bertz CT molecular complexity index is 1510. The van der Waals surface area contributed by atoms with E-state index in [-0.39, 0.29) is 115 Å². The molecule has 0 spiro atoms. The molecule has 0 bridgehead atoms. The molecule has 1 N–H and O–H groups in total. The van der Waals surface area contributed by atoms with E-state index in [1.807, 2.05) is 0 Å². The smallest absolute Gasteiger partial charge is 1.00 e. The number of hydrogen-bond acceptors (Lipinski definition) is 26. The molecule has 2 rings (SSSR count). The van der Waals surface area contributed by atoms with Crippen LogP contribution in [0.3, 0.4) is 0 Å². The van der Waals surface area contributed by atoms with Crippen LogP contribution in [0, 0.1) is 0 Å². The van der Waals surface area contributed by atoms with Crippen LogP contribution in [-0.2, 0) is 163 Å². The summed E-state index contributed by atoms with van der Waals surface area (Å²) in [4.78, 5) is 142. The minimum Gasteiger partial charge on any atom is -1.00 e. The average molecular weight is 1430 g/mol. The zero-order chi connectivity index (χ0) is 48.0. The van der Waals surface area contributed by atoms with E-state index < -0.39 is 89.7 Å². The average Bonchev–Trinajstić information content (AvgIpc) is 3.07. The molecule has 1 aliphatic carbocycles. The molecule has 1 saturated carbocycles. The Kier molecular flexibility index (Phi) is 55.5. The van der Waals surface area contributed by atoms with Gasteiger partial charge in [0.15, 0.2) is 12.4 Å². The van der Waals surface area contributed by atoms with E-state index in [0.717, 1.165) is 0 Å². The van der Waals surface area contributed by atoms with Crippen LogP contribution in [-0.4, -0.2) is 47.9 Å². The first-order chi connectivity index (χ1) is 28.2. The summed E-state index contributed by atoms with van der Waals surface area (Å²) in [6, 6.07) is 6.31. The van der Waals surface area contributed by atoms with Crippen molar-refractivity contribution in [2.75, 3.05) is 0 Å². The van der Waals surface area contributed by atoms with Gasteiger partial charge in [-0.3, -0.25) is 0 Å². The van der Waals surface area contributed by atoms with Gasteiger partial charge in [-0.05, 0) is 6.42 Å². The van der Waals surface area contributed by atoms with Crippen molar-refractivity contribution in [2.24, 2.45) is 0 Å². The Morgan fingerprint density at radius 1 is 0.420 bits per heavy atom. The van der Waals surface area contributed by atoms with Crippen molar-refractivity contribution in [3.63, 3.8) is 0 Å². The standard InChI is InChI=1S/C21H38N.C6H18O24P6.CH2O3.ClH.6Cu/c1-2-3-4-5-6-7-8-9-10-11-12-13-14-16-19-22-20-17-15-18-21-22;7-31(8,9)25-1-2(26-32(10,11)12)4(28-34(16,17)18)6(30-36(22,23)24)5(29-35(19,20)21)3(1)27-33(13,14)15;2-1(3)4;;;;;;;/h15,17-18,20-21H,2-14,16,19H2,1H3;1-6H,(H2,7,8,9)(H2,10,11,12)(H2,13,14,15)(H2,16,17,18)(H2,19,20,21)(H2,22,23,24);(H2,2,3,4);1H;;;;;;/q+1;;;;6*+2/p-14/t;1-,2-,3-,4+,5-,6-;;;;;;;;. The van der Waals surface area contributed by atoms with Crippen LogP contribution in [0.4, 0.5) is 4.79 Å². The van der Waals surface area contributed by atoms with Gasteiger partial charge >= 0.3 is 102 Å². The van der Waals surface area contributed by atoms with E-state index in [9.17, 15) is 86.1 Å². The van der Waals surface area contributed by atoms with E-state index in [0.29, 0.717) is 0 Å². The fourth-order valence-electron chi connectivity index (χ4n) is 5.81. The molecule has 0 atom stereocenters. The van der Waals surface area contributed by atoms with Gasteiger partial charge in [0, 0.05) is 18.6 Å². The molecule has 0 amide bonds. The molecular formula is C28H45ClCu6NO27P6-. The second kappa shape index (κ2) is 43.5. The molecule has 0 aromatic carbocycles. The molecular weight excluding hydrogens is 1380 g/mol. The minimum atomic E-state index is -6.68. The van der Waals surface area contributed by atoms with E-state index in [1.54, 1.807) is 0 Å². The number of pyridine rings is 1. The van der Waals surface area contributed by atoms with Crippen molar-refractivity contribution < 1.29 is 248 Å². The van der Waals surface area contributed by atoms with Gasteiger partial charge in [0.25, 0.3) is 0 Å². The maximum atomic E-state index is 11.1. The summed E-state index contributed by atoms with van der Waals surface area (Å²) in [6.07, 6.45) is 0.860. The van der Waals surface area contributed by atoms with E-state index >= 15 is 0 Å². The van der Waals surface area contributed by atoms with Crippen molar-refractivity contribution in [2.45, 2.75) is 140 Å². The predicted molar refractivity (Wildman–Crippen MR) is 180 cm³/mol. The van der Waals surface area contributed by atoms with Crippen molar-refractivity contribution in [1.29, 1.82) is 0 Å². The van der Waals surface area contributed by atoms with Crippen molar-refractivity contribution in [1.82, 2.24) is 0 Å². The number of rotatable bonds is 27. The van der Waals surface area contributed by atoms with Crippen LogP contribution in [0.1, 0.15) is 96.8 Å².